The maximum Gasteiger partial charge on any atom is 0.316 e. The third kappa shape index (κ3) is 3.79. The molecule has 1 N–H and O–H groups in total. The molecule has 0 saturated carbocycles. The lowest BCUT2D eigenvalue weighted by atomic mass is 10.1. The molecule has 0 bridgehead atoms. The van der Waals surface area contributed by atoms with Crippen LogP contribution in [0.4, 0.5) is 4.39 Å². The SMILES string of the molecule is N#Cc1cc(F)cc(CS(=O)CC(=O)O)c1. The quantitative estimate of drug-likeness (QED) is 0.854. The summed E-state index contributed by atoms with van der Waals surface area (Å²) >= 11 is 0. The largest absolute Gasteiger partial charge is 0.481 e. The van der Waals surface area contributed by atoms with Gasteiger partial charge in [-0.05, 0) is 23.8 Å². The molecule has 4 nitrogen and oxygen atoms in total. The van der Waals surface area contributed by atoms with Gasteiger partial charge in [0.1, 0.15) is 11.6 Å². The number of aliphatic carboxylic acids is 1. The molecule has 6 heteroatoms. The Morgan fingerprint density at radius 1 is 1.50 bits per heavy atom. The number of carboxylic acid groups (broad SMARTS) is 1. The maximum atomic E-state index is 13.0. The zero-order chi connectivity index (χ0) is 12.1. The van der Waals surface area contributed by atoms with Crippen LogP contribution in [-0.2, 0) is 21.3 Å². The van der Waals surface area contributed by atoms with Crippen molar-refractivity contribution in [1.29, 1.82) is 5.26 Å². The van der Waals surface area contributed by atoms with E-state index in [1.54, 1.807) is 6.07 Å². The number of halogens is 1. The third-order valence-corrected chi connectivity index (χ3v) is 2.92. The fourth-order valence-electron chi connectivity index (χ4n) is 1.17. The summed E-state index contributed by atoms with van der Waals surface area (Å²) in [5.74, 6) is -2.33. The number of carboxylic acids is 1. The van der Waals surface area contributed by atoms with Crippen LogP contribution in [0.15, 0.2) is 18.2 Å². The highest BCUT2D eigenvalue weighted by Crippen LogP contribution is 2.10. The normalized spacial score (nSPS) is 11.8. The van der Waals surface area contributed by atoms with Crippen molar-refractivity contribution in [3.8, 4) is 6.07 Å². The predicted molar refractivity (Wildman–Crippen MR) is 55.5 cm³/mol. The highest BCUT2D eigenvalue weighted by Gasteiger charge is 2.08. The van der Waals surface area contributed by atoms with Crippen LogP contribution < -0.4 is 0 Å². The lowest BCUT2D eigenvalue weighted by Gasteiger charge is -2.01. The topological polar surface area (TPSA) is 78.2 Å². The minimum Gasteiger partial charge on any atom is -0.481 e. The Morgan fingerprint density at radius 2 is 2.19 bits per heavy atom. The Labute approximate surface area is 93.8 Å². The summed E-state index contributed by atoms with van der Waals surface area (Å²) in [4.78, 5) is 10.3. The van der Waals surface area contributed by atoms with Gasteiger partial charge in [0, 0.05) is 16.6 Å². The van der Waals surface area contributed by atoms with Gasteiger partial charge in [0.2, 0.25) is 0 Å². The Kier molecular flexibility index (Phi) is 4.14. The first kappa shape index (κ1) is 12.3. The zero-order valence-corrected chi connectivity index (χ0v) is 8.96. The van der Waals surface area contributed by atoms with Crippen LogP contribution in [0.5, 0.6) is 0 Å². The van der Waals surface area contributed by atoms with Gasteiger partial charge in [-0.2, -0.15) is 5.26 Å². The highest BCUT2D eigenvalue weighted by atomic mass is 32.2. The van der Waals surface area contributed by atoms with E-state index in [0.29, 0.717) is 5.56 Å². The van der Waals surface area contributed by atoms with E-state index < -0.39 is 28.3 Å². The molecular formula is C10H8FNO3S. The van der Waals surface area contributed by atoms with Crippen molar-refractivity contribution in [3.05, 3.63) is 35.1 Å². The molecule has 84 valence electrons. The minimum atomic E-state index is -1.60. The van der Waals surface area contributed by atoms with Gasteiger partial charge < -0.3 is 5.11 Å². The zero-order valence-electron chi connectivity index (χ0n) is 8.14. The number of rotatable bonds is 4. The molecule has 0 fully saturated rings. The van der Waals surface area contributed by atoms with Crippen molar-refractivity contribution in [3.63, 3.8) is 0 Å². The van der Waals surface area contributed by atoms with Crippen LogP contribution in [0.25, 0.3) is 0 Å². The number of benzene rings is 1. The number of nitriles is 1. The molecule has 0 aliphatic heterocycles. The molecule has 1 atom stereocenters. The maximum absolute atomic E-state index is 13.0. The van der Waals surface area contributed by atoms with Gasteiger partial charge in [0.05, 0.1) is 11.6 Å². The van der Waals surface area contributed by atoms with Gasteiger partial charge >= 0.3 is 5.97 Å². The van der Waals surface area contributed by atoms with Gasteiger partial charge in [-0.15, -0.1) is 0 Å². The van der Waals surface area contributed by atoms with Crippen LogP contribution in [-0.4, -0.2) is 21.0 Å². The fourth-order valence-corrected chi connectivity index (χ4v) is 2.09. The molecule has 0 spiro atoms. The Hall–Kier alpha value is -1.74. The van der Waals surface area contributed by atoms with E-state index in [9.17, 15) is 13.4 Å². The molecular weight excluding hydrogens is 233 g/mol. The summed E-state index contributed by atoms with van der Waals surface area (Å²) in [5.41, 5.74) is 0.485. The Morgan fingerprint density at radius 3 is 2.75 bits per heavy atom. The molecule has 0 aliphatic rings. The van der Waals surface area contributed by atoms with Crippen LogP contribution in [0.3, 0.4) is 0 Å². The molecule has 1 aromatic rings. The van der Waals surface area contributed by atoms with E-state index in [0.717, 1.165) is 12.1 Å². The average molecular weight is 241 g/mol. The van der Waals surface area contributed by atoms with Gasteiger partial charge in [-0.25, -0.2) is 4.39 Å². The van der Waals surface area contributed by atoms with Gasteiger partial charge in [-0.3, -0.25) is 9.00 Å². The number of carbonyl (C=O) groups is 1. The molecule has 1 aromatic carbocycles. The molecule has 16 heavy (non-hydrogen) atoms. The molecule has 0 saturated heterocycles. The first-order chi connectivity index (χ1) is 7.51. The van der Waals surface area contributed by atoms with Crippen LogP contribution in [0, 0.1) is 17.1 Å². The molecule has 0 aliphatic carbocycles. The minimum absolute atomic E-state index is 0.0707. The van der Waals surface area contributed by atoms with Crippen molar-refractivity contribution in [1.82, 2.24) is 0 Å². The monoisotopic (exact) mass is 241 g/mol. The predicted octanol–water partition coefficient (Wildman–Crippen LogP) is 1.03. The number of hydrogen-bond acceptors (Lipinski definition) is 3. The van der Waals surface area contributed by atoms with Gasteiger partial charge in [0.25, 0.3) is 0 Å². The van der Waals surface area contributed by atoms with Crippen molar-refractivity contribution >= 4 is 16.8 Å². The first-order valence-corrected chi connectivity index (χ1v) is 5.76. The third-order valence-electron chi connectivity index (χ3n) is 1.70. The summed E-state index contributed by atoms with van der Waals surface area (Å²) in [6, 6.07) is 5.36. The Bertz CT molecular complexity index is 481. The smallest absolute Gasteiger partial charge is 0.316 e. The van der Waals surface area contributed by atoms with E-state index in [2.05, 4.69) is 0 Å². The summed E-state index contributed by atoms with van der Waals surface area (Å²) in [7, 11) is -1.60. The lowest BCUT2D eigenvalue weighted by molar-refractivity contribution is -0.133. The van der Waals surface area contributed by atoms with Gasteiger partial charge in [0.15, 0.2) is 0 Å². The molecule has 0 aromatic heterocycles. The van der Waals surface area contributed by atoms with Crippen LogP contribution >= 0.6 is 0 Å². The van der Waals surface area contributed by atoms with Crippen LogP contribution in [0.1, 0.15) is 11.1 Å². The molecule has 0 heterocycles. The summed E-state index contributed by atoms with van der Waals surface area (Å²) in [5, 5.41) is 17.0. The summed E-state index contributed by atoms with van der Waals surface area (Å²) in [6.45, 7) is 0. The van der Waals surface area contributed by atoms with Crippen molar-refractivity contribution in [2.24, 2.45) is 0 Å². The van der Waals surface area contributed by atoms with E-state index >= 15 is 0 Å². The summed E-state index contributed by atoms with van der Waals surface area (Å²) in [6.07, 6.45) is 0. The van der Waals surface area contributed by atoms with Crippen molar-refractivity contribution in [2.75, 3.05) is 5.75 Å². The second-order valence-corrected chi connectivity index (χ2v) is 4.54. The van der Waals surface area contributed by atoms with Gasteiger partial charge in [-0.1, -0.05) is 0 Å². The second kappa shape index (κ2) is 5.37. The average Bonchev–Trinajstić information content (AvgIpc) is 2.14. The first-order valence-electron chi connectivity index (χ1n) is 4.27. The van der Waals surface area contributed by atoms with Crippen molar-refractivity contribution < 1.29 is 18.5 Å². The van der Waals surface area contributed by atoms with E-state index in [4.69, 9.17) is 10.4 Å². The lowest BCUT2D eigenvalue weighted by Crippen LogP contribution is -2.10. The Balaban J connectivity index is 2.82. The highest BCUT2D eigenvalue weighted by molar-refractivity contribution is 7.84. The second-order valence-electron chi connectivity index (χ2n) is 3.08. The van der Waals surface area contributed by atoms with E-state index in [1.807, 2.05) is 0 Å². The molecule has 1 rings (SSSR count). The molecule has 0 amide bonds. The summed E-state index contributed by atoms with van der Waals surface area (Å²) < 4.78 is 24.2. The molecule has 0 radical (unpaired) electrons. The fraction of sp³-hybridized carbons (Fsp3) is 0.200. The number of nitrogens with zero attached hydrogens (tertiary/aromatic N) is 1. The number of hydrogen-bond donors (Lipinski definition) is 1. The van der Waals surface area contributed by atoms with Crippen molar-refractivity contribution in [2.45, 2.75) is 5.75 Å². The molecule has 1 unspecified atom stereocenters. The van der Waals surface area contributed by atoms with E-state index in [-0.39, 0.29) is 11.3 Å². The van der Waals surface area contributed by atoms with Crippen LogP contribution in [0.2, 0.25) is 0 Å². The van der Waals surface area contributed by atoms with E-state index in [1.165, 1.54) is 6.07 Å². The standard InChI is InChI=1S/C10H8FNO3S/c11-9-2-7(4-12)1-8(3-9)5-16(15)6-10(13)14/h1-3H,5-6H2,(H,13,14).